The van der Waals surface area contributed by atoms with Crippen LogP contribution in [-0.4, -0.2) is 37.0 Å². The zero-order valence-electron chi connectivity index (χ0n) is 11.5. The zero-order chi connectivity index (χ0) is 12.1. The summed E-state index contributed by atoms with van der Waals surface area (Å²) in [4.78, 5) is 14.3. The van der Waals surface area contributed by atoms with Gasteiger partial charge >= 0.3 is 0 Å². The summed E-state index contributed by atoms with van der Waals surface area (Å²) in [6.07, 6.45) is 9.97. The van der Waals surface area contributed by atoms with E-state index < -0.39 is 0 Å². The highest BCUT2D eigenvalue weighted by molar-refractivity contribution is 5.85. The van der Waals surface area contributed by atoms with Crippen LogP contribution in [0.1, 0.15) is 51.4 Å². The van der Waals surface area contributed by atoms with Crippen molar-refractivity contribution in [1.82, 2.24) is 10.2 Å². The first-order chi connectivity index (χ1) is 8.33. The molecule has 1 saturated heterocycles. The number of carbonyl (C=O) groups is 1. The number of rotatable bonds is 4. The molecule has 2 rings (SSSR count). The molecule has 2 fully saturated rings. The van der Waals surface area contributed by atoms with Crippen LogP contribution >= 0.6 is 12.4 Å². The van der Waals surface area contributed by atoms with Gasteiger partial charge < -0.3 is 10.2 Å². The highest BCUT2D eigenvalue weighted by Gasteiger charge is 2.34. The third-order valence-corrected chi connectivity index (χ3v) is 4.40. The lowest BCUT2D eigenvalue weighted by atomic mass is 9.83. The molecule has 0 bridgehead atoms. The molecule has 1 heterocycles. The SMILES string of the molecule is CNCCC(=O)N1CCCC1C1CCCCC1.Cl. The Hall–Kier alpha value is -0.280. The van der Waals surface area contributed by atoms with Crippen LogP contribution in [0.5, 0.6) is 0 Å². The Morgan fingerprint density at radius 1 is 1.17 bits per heavy atom. The van der Waals surface area contributed by atoms with Gasteiger partial charge in [0.1, 0.15) is 0 Å². The minimum Gasteiger partial charge on any atom is -0.339 e. The lowest BCUT2D eigenvalue weighted by Gasteiger charge is -2.34. The number of likely N-dealkylation sites (tertiary alicyclic amines) is 1. The summed E-state index contributed by atoms with van der Waals surface area (Å²) < 4.78 is 0. The molecular weight excluding hydrogens is 248 g/mol. The molecule has 106 valence electrons. The average Bonchev–Trinajstić information content (AvgIpc) is 2.86. The maximum absolute atomic E-state index is 12.1. The van der Waals surface area contributed by atoms with Crippen LogP contribution in [0.2, 0.25) is 0 Å². The monoisotopic (exact) mass is 274 g/mol. The number of amides is 1. The maximum atomic E-state index is 12.1. The van der Waals surface area contributed by atoms with Crippen molar-refractivity contribution in [3.05, 3.63) is 0 Å². The van der Waals surface area contributed by atoms with Gasteiger partial charge in [-0.15, -0.1) is 12.4 Å². The van der Waals surface area contributed by atoms with E-state index in [9.17, 15) is 4.79 Å². The van der Waals surface area contributed by atoms with Crippen LogP contribution < -0.4 is 5.32 Å². The number of nitrogens with one attached hydrogen (secondary N) is 1. The van der Waals surface area contributed by atoms with E-state index in [1.54, 1.807) is 0 Å². The standard InChI is InChI=1S/C14H26N2O.ClH/c1-15-10-9-14(17)16-11-5-8-13(16)12-6-3-2-4-7-12;/h12-13,15H,2-11H2,1H3;1H. The van der Waals surface area contributed by atoms with Crippen molar-refractivity contribution < 1.29 is 4.79 Å². The first kappa shape index (κ1) is 15.8. The van der Waals surface area contributed by atoms with E-state index >= 15 is 0 Å². The van der Waals surface area contributed by atoms with Gasteiger partial charge in [0.05, 0.1) is 0 Å². The molecule has 0 spiro atoms. The number of nitrogens with zero attached hydrogens (tertiary/aromatic N) is 1. The molecule has 1 saturated carbocycles. The van der Waals surface area contributed by atoms with E-state index in [0.29, 0.717) is 18.4 Å². The molecule has 1 N–H and O–H groups in total. The summed E-state index contributed by atoms with van der Waals surface area (Å²) in [6, 6.07) is 0.569. The second kappa shape index (κ2) is 8.00. The van der Waals surface area contributed by atoms with Crippen LogP contribution in [0, 0.1) is 5.92 Å². The molecule has 2 aliphatic rings. The number of halogens is 1. The fraction of sp³-hybridized carbons (Fsp3) is 0.929. The molecule has 0 aromatic carbocycles. The Bertz CT molecular complexity index is 254. The molecule has 18 heavy (non-hydrogen) atoms. The Morgan fingerprint density at radius 3 is 2.56 bits per heavy atom. The molecule has 3 nitrogen and oxygen atoms in total. The Morgan fingerprint density at radius 2 is 1.89 bits per heavy atom. The molecule has 1 unspecified atom stereocenters. The van der Waals surface area contributed by atoms with Crippen LogP contribution in [0.3, 0.4) is 0 Å². The Kier molecular flexibility index (Phi) is 7.02. The predicted octanol–water partition coefficient (Wildman–Crippen LogP) is 2.59. The smallest absolute Gasteiger partial charge is 0.224 e. The third-order valence-electron chi connectivity index (χ3n) is 4.40. The number of carbonyl (C=O) groups excluding carboxylic acids is 1. The van der Waals surface area contributed by atoms with Crippen LogP contribution in [0.25, 0.3) is 0 Å². The van der Waals surface area contributed by atoms with E-state index in [-0.39, 0.29) is 12.4 Å². The molecular formula is C14H27ClN2O. The normalized spacial score (nSPS) is 24.9. The average molecular weight is 275 g/mol. The molecule has 1 amide bonds. The fourth-order valence-corrected chi connectivity index (χ4v) is 3.49. The van der Waals surface area contributed by atoms with Crippen LogP contribution in [-0.2, 0) is 4.79 Å². The van der Waals surface area contributed by atoms with Crippen molar-refractivity contribution in [3.8, 4) is 0 Å². The summed E-state index contributed by atoms with van der Waals surface area (Å²) in [6.45, 7) is 1.82. The third kappa shape index (κ3) is 3.86. The van der Waals surface area contributed by atoms with E-state index in [4.69, 9.17) is 0 Å². The Balaban J connectivity index is 0.00000162. The van der Waals surface area contributed by atoms with Gasteiger partial charge in [-0.1, -0.05) is 19.3 Å². The van der Waals surface area contributed by atoms with E-state index in [0.717, 1.165) is 19.0 Å². The summed E-state index contributed by atoms with van der Waals surface area (Å²) >= 11 is 0. The molecule has 1 atom stereocenters. The Labute approximate surface area is 117 Å². The maximum Gasteiger partial charge on any atom is 0.224 e. The minimum atomic E-state index is 0. The lowest BCUT2D eigenvalue weighted by molar-refractivity contribution is -0.133. The largest absolute Gasteiger partial charge is 0.339 e. The minimum absolute atomic E-state index is 0. The summed E-state index contributed by atoms with van der Waals surface area (Å²) in [5, 5.41) is 3.07. The predicted molar refractivity (Wildman–Crippen MR) is 77.1 cm³/mol. The summed E-state index contributed by atoms with van der Waals surface area (Å²) in [7, 11) is 1.91. The highest BCUT2D eigenvalue weighted by atomic mass is 35.5. The molecule has 0 aromatic rings. The van der Waals surface area contributed by atoms with Crippen LogP contribution in [0.15, 0.2) is 0 Å². The van der Waals surface area contributed by atoms with Gasteiger partial charge in [-0.3, -0.25) is 4.79 Å². The van der Waals surface area contributed by atoms with Crippen molar-refractivity contribution in [2.45, 2.75) is 57.4 Å². The van der Waals surface area contributed by atoms with Gasteiger partial charge in [-0.05, 0) is 38.6 Å². The van der Waals surface area contributed by atoms with E-state index in [1.165, 1.54) is 44.9 Å². The quantitative estimate of drug-likeness (QED) is 0.855. The van der Waals surface area contributed by atoms with E-state index in [2.05, 4.69) is 10.2 Å². The van der Waals surface area contributed by atoms with Gasteiger partial charge in [-0.25, -0.2) is 0 Å². The van der Waals surface area contributed by atoms with Gasteiger partial charge in [0.25, 0.3) is 0 Å². The fourth-order valence-electron chi connectivity index (χ4n) is 3.49. The molecule has 0 aromatic heterocycles. The van der Waals surface area contributed by atoms with Crippen molar-refractivity contribution in [2.75, 3.05) is 20.1 Å². The van der Waals surface area contributed by atoms with Crippen molar-refractivity contribution in [3.63, 3.8) is 0 Å². The van der Waals surface area contributed by atoms with E-state index in [1.807, 2.05) is 7.05 Å². The van der Waals surface area contributed by atoms with Gasteiger partial charge in [0, 0.05) is 25.6 Å². The number of hydrogen-bond donors (Lipinski definition) is 1. The van der Waals surface area contributed by atoms with Gasteiger partial charge in [0.2, 0.25) is 5.91 Å². The van der Waals surface area contributed by atoms with Crippen molar-refractivity contribution in [2.24, 2.45) is 5.92 Å². The van der Waals surface area contributed by atoms with Crippen LogP contribution in [0.4, 0.5) is 0 Å². The molecule has 0 radical (unpaired) electrons. The highest BCUT2D eigenvalue weighted by Crippen LogP contribution is 2.34. The number of hydrogen-bond acceptors (Lipinski definition) is 2. The van der Waals surface area contributed by atoms with Crippen molar-refractivity contribution >= 4 is 18.3 Å². The van der Waals surface area contributed by atoms with Crippen molar-refractivity contribution in [1.29, 1.82) is 0 Å². The topological polar surface area (TPSA) is 32.3 Å². The molecule has 1 aliphatic heterocycles. The molecule has 4 heteroatoms. The second-order valence-electron chi connectivity index (χ2n) is 5.55. The summed E-state index contributed by atoms with van der Waals surface area (Å²) in [5.74, 6) is 1.16. The van der Waals surface area contributed by atoms with Gasteiger partial charge in [-0.2, -0.15) is 0 Å². The summed E-state index contributed by atoms with van der Waals surface area (Å²) in [5.41, 5.74) is 0. The lowest BCUT2D eigenvalue weighted by Crippen LogP contribution is -2.41. The molecule has 1 aliphatic carbocycles. The zero-order valence-corrected chi connectivity index (χ0v) is 12.3. The first-order valence-electron chi connectivity index (χ1n) is 7.27. The second-order valence-corrected chi connectivity index (χ2v) is 5.55. The van der Waals surface area contributed by atoms with Gasteiger partial charge in [0.15, 0.2) is 0 Å². The first-order valence-corrected chi connectivity index (χ1v) is 7.27.